The van der Waals surface area contributed by atoms with E-state index in [1.165, 1.54) is 5.56 Å². The van der Waals surface area contributed by atoms with E-state index in [1.54, 1.807) is 18.4 Å². The van der Waals surface area contributed by atoms with E-state index in [0.717, 1.165) is 28.6 Å². The van der Waals surface area contributed by atoms with Crippen molar-refractivity contribution in [2.24, 2.45) is 0 Å². The number of hydrogen-bond donors (Lipinski definition) is 1. The largest absolute Gasteiger partial charge is 0.491 e. The van der Waals surface area contributed by atoms with E-state index in [4.69, 9.17) is 14.5 Å². The lowest BCUT2D eigenvalue weighted by Gasteiger charge is -2.12. The van der Waals surface area contributed by atoms with E-state index in [1.807, 2.05) is 30.3 Å². The Hall–Kier alpha value is -2.21. The molecule has 2 aromatic carbocycles. The molecule has 0 saturated heterocycles. The monoisotopic (exact) mass is 368 g/mol. The molecule has 0 bridgehead atoms. The number of thiazole rings is 1. The average Bonchev–Trinajstić information content (AvgIpc) is 3.18. The van der Waals surface area contributed by atoms with Crippen molar-refractivity contribution in [3.05, 3.63) is 70.5 Å². The molecular formula is C21H24N2O2S. The fourth-order valence-corrected chi connectivity index (χ4v) is 3.39. The van der Waals surface area contributed by atoms with Crippen LogP contribution in [-0.4, -0.2) is 25.3 Å². The van der Waals surface area contributed by atoms with Gasteiger partial charge in [0.15, 0.2) is 0 Å². The van der Waals surface area contributed by atoms with Crippen LogP contribution in [0.4, 0.5) is 0 Å². The summed E-state index contributed by atoms with van der Waals surface area (Å²) in [5.41, 5.74) is 3.42. The Morgan fingerprint density at radius 1 is 1.04 bits per heavy atom. The minimum absolute atomic E-state index is 0.204. The molecule has 0 saturated carbocycles. The van der Waals surface area contributed by atoms with Gasteiger partial charge in [0.2, 0.25) is 0 Å². The van der Waals surface area contributed by atoms with Crippen LogP contribution in [0, 0.1) is 0 Å². The molecule has 0 radical (unpaired) electrons. The van der Waals surface area contributed by atoms with E-state index < -0.39 is 0 Å². The number of rotatable bonds is 9. The molecular weight excluding hydrogens is 344 g/mol. The van der Waals surface area contributed by atoms with Crippen LogP contribution in [0.25, 0.3) is 11.3 Å². The van der Waals surface area contributed by atoms with Gasteiger partial charge in [0.05, 0.1) is 18.3 Å². The maximum absolute atomic E-state index is 5.59. The Morgan fingerprint density at radius 3 is 2.54 bits per heavy atom. The highest BCUT2D eigenvalue weighted by molar-refractivity contribution is 7.10. The number of ether oxygens (including phenoxy) is 2. The van der Waals surface area contributed by atoms with Crippen molar-refractivity contribution in [2.75, 3.05) is 20.3 Å². The minimum atomic E-state index is 0.204. The van der Waals surface area contributed by atoms with Crippen molar-refractivity contribution in [1.29, 1.82) is 0 Å². The normalized spacial score (nSPS) is 12.1. The summed E-state index contributed by atoms with van der Waals surface area (Å²) in [7, 11) is 1.67. The predicted molar refractivity (Wildman–Crippen MR) is 107 cm³/mol. The SMILES string of the molecule is COCCOc1ccc(CNC(C)c2nc(-c3ccccc3)cs2)cc1. The smallest absolute Gasteiger partial charge is 0.119 e. The van der Waals surface area contributed by atoms with Gasteiger partial charge in [-0.1, -0.05) is 42.5 Å². The van der Waals surface area contributed by atoms with Crippen molar-refractivity contribution in [3.8, 4) is 17.0 Å². The number of hydrogen-bond acceptors (Lipinski definition) is 5. The van der Waals surface area contributed by atoms with Crippen LogP contribution in [0.2, 0.25) is 0 Å². The van der Waals surface area contributed by atoms with Gasteiger partial charge in [-0.15, -0.1) is 11.3 Å². The van der Waals surface area contributed by atoms with Crippen LogP contribution in [0.3, 0.4) is 0 Å². The van der Waals surface area contributed by atoms with Crippen LogP contribution in [0.1, 0.15) is 23.5 Å². The highest BCUT2D eigenvalue weighted by Gasteiger charge is 2.11. The fourth-order valence-electron chi connectivity index (χ4n) is 2.53. The van der Waals surface area contributed by atoms with Gasteiger partial charge in [-0.05, 0) is 24.6 Å². The van der Waals surface area contributed by atoms with Gasteiger partial charge in [0.25, 0.3) is 0 Å². The molecule has 5 heteroatoms. The van der Waals surface area contributed by atoms with Gasteiger partial charge >= 0.3 is 0 Å². The van der Waals surface area contributed by atoms with Crippen LogP contribution >= 0.6 is 11.3 Å². The van der Waals surface area contributed by atoms with Crippen molar-refractivity contribution >= 4 is 11.3 Å². The highest BCUT2D eigenvalue weighted by atomic mass is 32.1. The Labute approximate surface area is 158 Å². The van der Waals surface area contributed by atoms with Gasteiger partial charge in [0.1, 0.15) is 17.4 Å². The topological polar surface area (TPSA) is 43.4 Å². The van der Waals surface area contributed by atoms with Gasteiger partial charge in [0, 0.05) is 24.6 Å². The molecule has 0 aliphatic rings. The third-order valence-electron chi connectivity index (χ3n) is 4.05. The number of methoxy groups -OCH3 is 1. The molecule has 1 unspecified atom stereocenters. The van der Waals surface area contributed by atoms with Crippen LogP contribution in [-0.2, 0) is 11.3 Å². The Kier molecular flexibility index (Phi) is 6.77. The summed E-state index contributed by atoms with van der Waals surface area (Å²) in [6, 6.07) is 18.6. The first-order chi connectivity index (χ1) is 12.8. The van der Waals surface area contributed by atoms with E-state index in [-0.39, 0.29) is 6.04 Å². The molecule has 1 N–H and O–H groups in total. The second kappa shape index (κ2) is 9.48. The third kappa shape index (κ3) is 5.14. The number of aromatic nitrogens is 1. The van der Waals surface area contributed by atoms with Gasteiger partial charge in [-0.3, -0.25) is 0 Å². The van der Waals surface area contributed by atoms with E-state index in [9.17, 15) is 0 Å². The van der Waals surface area contributed by atoms with Gasteiger partial charge < -0.3 is 14.8 Å². The quantitative estimate of drug-likeness (QED) is 0.557. The first-order valence-corrected chi connectivity index (χ1v) is 9.59. The average molecular weight is 369 g/mol. The number of nitrogens with one attached hydrogen (secondary N) is 1. The van der Waals surface area contributed by atoms with Crippen molar-refractivity contribution in [2.45, 2.75) is 19.5 Å². The van der Waals surface area contributed by atoms with Crippen LogP contribution in [0.5, 0.6) is 5.75 Å². The molecule has 0 aliphatic heterocycles. The molecule has 0 aliphatic carbocycles. The third-order valence-corrected chi connectivity index (χ3v) is 5.08. The molecule has 3 aromatic rings. The zero-order valence-electron chi connectivity index (χ0n) is 15.1. The van der Waals surface area contributed by atoms with Crippen molar-refractivity contribution in [3.63, 3.8) is 0 Å². The molecule has 0 fully saturated rings. The number of benzene rings is 2. The standard InChI is InChI=1S/C21H24N2O2S/c1-16(21-23-20(15-26-21)18-6-4-3-5-7-18)22-14-17-8-10-19(11-9-17)25-13-12-24-2/h3-11,15-16,22H,12-14H2,1-2H3. The Bertz CT molecular complexity index is 787. The lowest BCUT2D eigenvalue weighted by molar-refractivity contribution is 0.146. The second-order valence-electron chi connectivity index (χ2n) is 6.02. The summed E-state index contributed by atoms with van der Waals surface area (Å²) < 4.78 is 10.6. The highest BCUT2D eigenvalue weighted by Crippen LogP contribution is 2.25. The molecule has 1 atom stereocenters. The summed E-state index contributed by atoms with van der Waals surface area (Å²) in [4.78, 5) is 4.77. The maximum Gasteiger partial charge on any atom is 0.119 e. The molecule has 0 amide bonds. The summed E-state index contributed by atoms with van der Waals surface area (Å²) in [6.45, 7) is 4.11. The fraction of sp³-hybridized carbons (Fsp3) is 0.286. The molecule has 3 rings (SSSR count). The summed E-state index contributed by atoms with van der Waals surface area (Å²) >= 11 is 1.70. The predicted octanol–water partition coefficient (Wildman–Crippen LogP) is 4.69. The Morgan fingerprint density at radius 2 is 1.81 bits per heavy atom. The van der Waals surface area contributed by atoms with Gasteiger partial charge in [-0.25, -0.2) is 4.98 Å². The van der Waals surface area contributed by atoms with Gasteiger partial charge in [-0.2, -0.15) is 0 Å². The van der Waals surface area contributed by atoms with E-state index >= 15 is 0 Å². The van der Waals surface area contributed by atoms with Crippen LogP contribution < -0.4 is 10.1 Å². The van der Waals surface area contributed by atoms with E-state index in [2.05, 4.69) is 41.9 Å². The first kappa shape index (κ1) is 18.6. The molecule has 4 nitrogen and oxygen atoms in total. The Balaban J connectivity index is 1.52. The lowest BCUT2D eigenvalue weighted by Crippen LogP contribution is -2.17. The summed E-state index contributed by atoms with van der Waals surface area (Å²) in [5.74, 6) is 0.867. The first-order valence-electron chi connectivity index (χ1n) is 8.71. The van der Waals surface area contributed by atoms with Crippen molar-refractivity contribution in [1.82, 2.24) is 10.3 Å². The lowest BCUT2D eigenvalue weighted by atomic mass is 10.2. The zero-order valence-corrected chi connectivity index (χ0v) is 16.0. The molecule has 1 aromatic heterocycles. The maximum atomic E-state index is 5.59. The summed E-state index contributed by atoms with van der Waals surface area (Å²) in [5, 5.41) is 6.76. The summed E-state index contributed by atoms with van der Waals surface area (Å²) in [6.07, 6.45) is 0. The molecule has 1 heterocycles. The molecule has 0 spiro atoms. The second-order valence-corrected chi connectivity index (χ2v) is 6.91. The van der Waals surface area contributed by atoms with E-state index in [0.29, 0.717) is 13.2 Å². The van der Waals surface area contributed by atoms with Crippen LogP contribution in [0.15, 0.2) is 60.0 Å². The number of nitrogens with zero attached hydrogens (tertiary/aromatic N) is 1. The molecule has 136 valence electrons. The van der Waals surface area contributed by atoms with Crippen molar-refractivity contribution < 1.29 is 9.47 Å². The molecule has 26 heavy (non-hydrogen) atoms. The zero-order chi connectivity index (χ0) is 18.2. The minimum Gasteiger partial charge on any atom is -0.491 e.